The summed E-state index contributed by atoms with van der Waals surface area (Å²) in [7, 11) is 0. The lowest BCUT2D eigenvalue weighted by atomic mass is 10.2. The van der Waals surface area contributed by atoms with Gasteiger partial charge in [0, 0.05) is 6.07 Å². The van der Waals surface area contributed by atoms with E-state index in [1.165, 1.54) is 36.4 Å². The van der Waals surface area contributed by atoms with E-state index < -0.39 is 11.8 Å². The van der Waals surface area contributed by atoms with Crippen LogP contribution in [-0.4, -0.2) is 11.1 Å². The molecule has 3 N–H and O–H groups in total. The standard InChI is InChI=1S/C13H9BrFNO3/c14-9-3-2-8(15)6-11(9)19-12-5-7(13(17)18)1-4-10(12)16/h1-6H,16H2,(H,17,18). The van der Waals surface area contributed by atoms with Gasteiger partial charge >= 0.3 is 5.97 Å². The number of carboxylic acids is 1. The van der Waals surface area contributed by atoms with Crippen LogP contribution < -0.4 is 10.5 Å². The summed E-state index contributed by atoms with van der Waals surface area (Å²) in [5.74, 6) is -1.19. The first-order chi connectivity index (χ1) is 8.97. The summed E-state index contributed by atoms with van der Waals surface area (Å²) < 4.78 is 19.1. The molecule has 0 spiro atoms. The molecule has 0 saturated carbocycles. The van der Waals surface area contributed by atoms with Gasteiger partial charge in [0.15, 0.2) is 5.75 Å². The smallest absolute Gasteiger partial charge is 0.335 e. The molecule has 0 bridgehead atoms. The minimum Gasteiger partial charge on any atom is -0.478 e. The lowest BCUT2D eigenvalue weighted by Crippen LogP contribution is -1.99. The summed E-state index contributed by atoms with van der Waals surface area (Å²) in [4.78, 5) is 10.9. The van der Waals surface area contributed by atoms with Crippen LogP contribution in [0.25, 0.3) is 0 Å². The molecule has 4 nitrogen and oxygen atoms in total. The van der Waals surface area contributed by atoms with Gasteiger partial charge < -0.3 is 15.6 Å². The van der Waals surface area contributed by atoms with Crippen molar-refractivity contribution >= 4 is 27.6 Å². The van der Waals surface area contributed by atoms with Crippen molar-refractivity contribution < 1.29 is 19.0 Å². The molecule has 2 aromatic carbocycles. The Kier molecular flexibility index (Phi) is 3.71. The normalized spacial score (nSPS) is 10.2. The Balaban J connectivity index is 2.40. The van der Waals surface area contributed by atoms with Crippen molar-refractivity contribution in [2.45, 2.75) is 0 Å². The number of benzene rings is 2. The number of carbonyl (C=O) groups is 1. The van der Waals surface area contributed by atoms with E-state index in [-0.39, 0.29) is 22.7 Å². The van der Waals surface area contributed by atoms with E-state index in [9.17, 15) is 9.18 Å². The number of rotatable bonds is 3. The minimum absolute atomic E-state index is 0.0386. The van der Waals surface area contributed by atoms with Crippen LogP contribution in [0.3, 0.4) is 0 Å². The van der Waals surface area contributed by atoms with Crippen LogP contribution in [0.2, 0.25) is 0 Å². The number of nitrogen functional groups attached to an aromatic ring is 1. The molecule has 0 atom stereocenters. The van der Waals surface area contributed by atoms with Crippen LogP contribution in [0.1, 0.15) is 10.4 Å². The van der Waals surface area contributed by atoms with E-state index in [2.05, 4.69) is 15.9 Å². The number of hydrogen-bond acceptors (Lipinski definition) is 3. The number of halogens is 2. The maximum absolute atomic E-state index is 13.1. The molecule has 0 aliphatic carbocycles. The number of nitrogens with two attached hydrogens (primary N) is 1. The van der Waals surface area contributed by atoms with Gasteiger partial charge in [-0.3, -0.25) is 0 Å². The van der Waals surface area contributed by atoms with Gasteiger partial charge in [-0.2, -0.15) is 0 Å². The molecule has 2 aromatic rings. The Morgan fingerprint density at radius 1 is 1.21 bits per heavy atom. The largest absolute Gasteiger partial charge is 0.478 e. The molecule has 6 heteroatoms. The maximum atomic E-state index is 13.1. The third-order valence-corrected chi connectivity index (χ3v) is 3.03. The Bertz CT molecular complexity index is 646. The fraction of sp³-hybridized carbons (Fsp3) is 0. The van der Waals surface area contributed by atoms with Crippen molar-refractivity contribution in [3.05, 3.63) is 52.3 Å². The average molecular weight is 326 g/mol. The zero-order valence-corrected chi connectivity index (χ0v) is 11.1. The highest BCUT2D eigenvalue weighted by atomic mass is 79.9. The van der Waals surface area contributed by atoms with Gasteiger partial charge in [0.2, 0.25) is 0 Å². The third-order valence-electron chi connectivity index (χ3n) is 2.37. The Hall–Kier alpha value is -2.08. The van der Waals surface area contributed by atoms with Gasteiger partial charge in [-0.15, -0.1) is 0 Å². The highest BCUT2D eigenvalue weighted by Crippen LogP contribution is 2.33. The molecular weight excluding hydrogens is 317 g/mol. The summed E-state index contributed by atoms with van der Waals surface area (Å²) in [6, 6.07) is 8.01. The van der Waals surface area contributed by atoms with Crippen molar-refractivity contribution in [1.29, 1.82) is 0 Å². The zero-order chi connectivity index (χ0) is 14.0. The summed E-state index contributed by atoms with van der Waals surface area (Å²) in [6.07, 6.45) is 0. The first kappa shape index (κ1) is 13.4. The Morgan fingerprint density at radius 2 is 1.95 bits per heavy atom. The fourth-order valence-corrected chi connectivity index (χ4v) is 1.76. The predicted octanol–water partition coefficient (Wildman–Crippen LogP) is 3.66. The quantitative estimate of drug-likeness (QED) is 0.844. The van der Waals surface area contributed by atoms with E-state index in [0.717, 1.165) is 0 Å². The second kappa shape index (κ2) is 5.27. The van der Waals surface area contributed by atoms with Crippen LogP contribution in [-0.2, 0) is 0 Å². The molecule has 0 aliphatic heterocycles. The van der Waals surface area contributed by atoms with Gasteiger partial charge in [0.25, 0.3) is 0 Å². The van der Waals surface area contributed by atoms with Gasteiger partial charge in [-0.1, -0.05) is 0 Å². The number of anilines is 1. The first-order valence-electron chi connectivity index (χ1n) is 5.23. The van der Waals surface area contributed by atoms with E-state index in [0.29, 0.717) is 4.47 Å². The van der Waals surface area contributed by atoms with Gasteiger partial charge in [0.05, 0.1) is 15.7 Å². The summed E-state index contributed by atoms with van der Waals surface area (Å²) in [5.41, 5.74) is 6.00. The van der Waals surface area contributed by atoms with Crippen molar-refractivity contribution in [3.8, 4) is 11.5 Å². The summed E-state index contributed by atoms with van der Waals surface area (Å²) in [6.45, 7) is 0. The molecule has 98 valence electrons. The molecule has 0 unspecified atom stereocenters. The molecule has 0 heterocycles. The minimum atomic E-state index is -1.09. The van der Waals surface area contributed by atoms with Crippen molar-refractivity contribution in [2.75, 3.05) is 5.73 Å². The zero-order valence-electron chi connectivity index (χ0n) is 9.56. The summed E-state index contributed by atoms with van der Waals surface area (Å²) >= 11 is 3.21. The van der Waals surface area contributed by atoms with Crippen molar-refractivity contribution in [1.82, 2.24) is 0 Å². The van der Waals surface area contributed by atoms with Crippen molar-refractivity contribution in [2.24, 2.45) is 0 Å². The van der Waals surface area contributed by atoms with Gasteiger partial charge in [-0.05, 0) is 46.3 Å². The number of ether oxygens (including phenoxy) is 1. The predicted molar refractivity (Wildman–Crippen MR) is 72.0 cm³/mol. The fourth-order valence-electron chi connectivity index (χ4n) is 1.43. The number of carboxylic acid groups (broad SMARTS) is 1. The highest BCUT2D eigenvalue weighted by molar-refractivity contribution is 9.10. The maximum Gasteiger partial charge on any atom is 0.335 e. The van der Waals surface area contributed by atoms with Crippen molar-refractivity contribution in [3.63, 3.8) is 0 Å². The Labute approximate surface area is 116 Å². The summed E-state index contributed by atoms with van der Waals surface area (Å²) in [5, 5.41) is 8.90. The lowest BCUT2D eigenvalue weighted by Gasteiger charge is -2.10. The number of aromatic carboxylic acids is 1. The Morgan fingerprint density at radius 3 is 2.63 bits per heavy atom. The van der Waals surface area contributed by atoms with E-state index in [1.807, 2.05) is 0 Å². The molecule has 19 heavy (non-hydrogen) atoms. The topological polar surface area (TPSA) is 72.6 Å². The first-order valence-corrected chi connectivity index (χ1v) is 6.02. The van der Waals surface area contributed by atoms with Gasteiger partial charge in [0.1, 0.15) is 11.6 Å². The average Bonchev–Trinajstić information content (AvgIpc) is 2.36. The van der Waals surface area contributed by atoms with Crippen LogP contribution in [0.15, 0.2) is 40.9 Å². The second-order valence-electron chi connectivity index (χ2n) is 3.73. The van der Waals surface area contributed by atoms with Crippen LogP contribution in [0.4, 0.5) is 10.1 Å². The molecular formula is C13H9BrFNO3. The molecule has 0 aromatic heterocycles. The second-order valence-corrected chi connectivity index (χ2v) is 4.59. The van der Waals surface area contributed by atoms with E-state index >= 15 is 0 Å². The SMILES string of the molecule is Nc1ccc(C(=O)O)cc1Oc1cc(F)ccc1Br. The highest BCUT2D eigenvalue weighted by Gasteiger charge is 2.10. The van der Waals surface area contributed by atoms with E-state index in [4.69, 9.17) is 15.6 Å². The number of hydrogen-bond donors (Lipinski definition) is 2. The molecule has 0 radical (unpaired) electrons. The van der Waals surface area contributed by atoms with Crippen LogP contribution in [0, 0.1) is 5.82 Å². The molecule has 2 rings (SSSR count). The molecule has 0 aliphatic rings. The monoisotopic (exact) mass is 325 g/mol. The molecule has 0 saturated heterocycles. The third kappa shape index (κ3) is 3.03. The molecule has 0 fully saturated rings. The van der Waals surface area contributed by atoms with E-state index in [1.54, 1.807) is 0 Å². The lowest BCUT2D eigenvalue weighted by molar-refractivity contribution is 0.0696. The van der Waals surface area contributed by atoms with Gasteiger partial charge in [-0.25, -0.2) is 9.18 Å². The van der Waals surface area contributed by atoms with Crippen LogP contribution >= 0.6 is 15.9 Å². The van der Waals surface area contributed by atoms with Crippen LogP contribution in [0.5, 0.6) is 11.5 Å². The molecule has 0 amide bonds.